The number of hydrogen-bond donors (Lipinski definition) is 1. The van der Waals surface area contributed by atoms with E-state index in [1.54, 1.807) is 0 Å². The fraction of sp³-hybridized carbons (Fsp3) is 0.350. The van der Waals surface area contributed by atoms with Gasteiger partial charge in [-0.15, -0.1) is 0 Å². The van der Waals surface area contributed by atoms with E-state index in [9.17, 15) is 4.79 Å². The maximum absolute atomic E-state index is 12.4. The number of esters is 1. The molecule has 3 heterocycles. The van der Waals surface area contributed by atoms with E-state index in [0.29, 0.717) is 12.2 Å². The van der Waals surface area contributed by atoms with E-state index < -0.39 is 0 Å². The molecule has 4 nitrogen and oxygen atoms in total. The number of aromatic amines is 1. The topological polar surface area (TPSA) is 45.3 Å². The van der Waals surface area contributed by atoms with Crippen molar-refractivity contribution in [2.75, 3.05) is 13.2 Å². The van der Waals surface area contributed by atoms with Gasteiger partial charge in [0.05, 0.1) is 18.2 Å². The summed E-state index contributed by atoms with van der Waals surface area (Å²) in [6.45, 7) is 5.30. The van der Waals surface area contributed by atoms with Crippen LogP contribution in [0.4, 0.5) is 0 Å². The Morgan fingerprint density at radius 2 is 2.17 bits per heavy atom. The molecule has 0 spiro atoms. The lowest BCUT2D eigenvalue weighted by molar-refractivity contribution is -0.138. The first-order valence-electron chi connectivity index (χ1n) is 8.68. The number of rotatable bonds is 3. The Bertz CT molecular complexity index is 860. The molecule has 0 aliphatic carbocycles. The SMILES string of the molecule is CCOC(=O)C1=CC2c3[nH]c4ccccc4c3CCN2C=C1CC. The molecule has 2 aromatic rings. The van der Waals surface area contributed by atoms with Gasteiger partial charge in [-0.05, 0) is 43.0 Å². The molecule has 4 rings (SSSR count). The van der Waals surface area contributed by atoms with Gasteiger partial charge in [0.25, 0.3) is 0 Å². The first kappa shape index (κ1) is 15.1. The van der Waals surface area contributed by atoms with Gasteiger partial charge in [-0.3, -0.25) is 0 Å². The van der Waals surface area contributed by atoms with Crippen molar-refractivity contribution in [3.63, 3.8) is 0 Å². The van der Waals surface area contributed by atoms with Gasteiger partial charge in [-0.25, -0.2) is 4.79 Å². The molecule has 4 heteroatoms. The number of carbonyl (C=O) groups excluding carboxylic acids is 1. The predicted octanol–water partition coefficient (Wildman–Crippen LogP) is 3.86. The Morgan fingerprint density at radius 1 is 1.33 bits per heavy atom. The van der Waals surface area contributed by atoms with Crippen molar-refractivity contribution >= 4 is 16.9 Å². The van der Waals surface area contributed by atoms with Crippen LogP contribution in [0.15, 0.2) is 47.7 Å². The van der Waals surface area contributed by atoms with E-state index in [4.69, 9.17) is 4.74 Å². The summed E-state index contributed by atoms with van der Waals surface area (Å²) in [4.78, 5) is 18.3. The first-order chi connectivity index (χ1) is 11.7. The molecular formula is C20H22N2O2. The van der Waals surface area contributed by atoms with Crippen molar-refractivity contribution in [3.8, 4) is 0 Å². The molecule has 2 aliphatic rings. The van der Waals surface area contributed by atoms with Crippen LogP contribution in [0.3, 0.4) is 0 Å². The summed E-state index contributed by atoms with van der Waals surface area (Å²) in [5, 5.41) is 1.29. The second-order valence-corrected chi connectivity index (χ2v) is 6.30. The number of H-pyrrole nitrogens is 1. The maximum Gasteiger partial charge on any atom is 0.338 e. The lowest BCUT2D eigenvalue weighted by Gasteiger charge is -2.37. The highest BCUT2D eigenvalue weighted by molar-refractivity contribution is 5.94. The van der Waals surface area contributed by atoms with E-state index in [0.717, 1.165) is 25.0 Å². The molecule has 0 fully saturated rings. The predicted molar refractivity (Wildman–Crippen MR) is 94.5 cm³/mol. The Balaban J connectivity index is 1.81. The van der Waals surface area contributed by atoms with Gasteiger partial charge in [-0.2, -0.15) is 0 Å². The molecule has 0 amide bonds. The van der Waals surface area contributed by atoms with E-state index in [1.807, 2.05) is 6.92 Å². The van der Waals surface area contributed by atoms with Crippen LogP contribution in [-0.2, 0) is 16.0 Å². The minimum atomic E-state index is -0.214. The number of hydrogen-bond acceptors (Lipinski definition) is 3. The normalized spacial score (nSPS) is 19.4. The third-order valence-corrected chi connectivity index (χ3v) is 4.99. The summed E-state index contributed by atoms with van der Waals surface area (Å²) < 4.78 is 5.26. The number of carbonyl (C=O) groups is 1. The summed E-state index contributed by atoms with van der Waals surface area (Å²) in [6.07, 6.45) is 6.06. The van der Waals surface area contributed by atoms with Gasteiger partial charge < -0.3 is 14.6 Å². The molecule has 1 unspecified atom stereocenters. The van der Waals surface area contributed by atoms with Gasteiger partial charge >= 0.3 is 5.97 Å². The molecule has 0 bridgehead atoms. The van der Waals surface area contributed by atoms with Crippen LogP contribution < -0.4 is 0 Å². The molecular weight excluding hydrogens is 300 g/mol. The number of aromatic nitrogens is 1. The maximum atomic E-state index is 12.4. The molecule has 0 saturated carbocycles. The molecule has 2 aliphatic heterocycles. The standard InChI is InChI=1S/C20H22N2O2/c1-3-13-12-22-10-9-15-14-7-5-6-8-17(14)21-19(15)18(22)11-16(13)20(23)24-4-2/h5-8,11-12,18,21H,3-4,9-10H2,1-2H3. The van der Waals surface area contributed by atoms with E-state index in [2.05, 4.69) is 53.3 Å². The monoisotopic (exact) mass is 322 g/mol. The van der Waals surface area contributed by atoms with Crippen molar-refractivity contribution in [1.82, 2.24) is 9.88 Å². The van der Waals surface area contributed by atoms with Crippen LogP contribution in [0, 0.1) is 0 Å². The lowest BCUT2D eigenvalue weighted by atomic mass is 9.90. The third-order valence-electron chi connectivity index (χ3n) is 4.99. The summed E-state index contributed by atoms with van der Waals surface area (Å²) in [5.41, 5.74) is 5.52. The second-order valence-electron chi connectivity index (χ2n) is 6.30. The van der Waals surface area contributed by atoms with Crippen LogP contribution in [-0.4, -0.2) is 29.0 Å². The van der Waals surface area contributed by atoms with Gasteiger partial charge in [-0.1, -0.05) is 25.1 Å². The second kappa shape index (κ2) is 5.86. The zero-order valence-electron chi connectivity index (χ0n) is 14.1. The first-order valence-corrected chi connectivity index (χ1v) is 8.68. The minimum absolute atomic E-state index is 0.0795. The van der Waals surface area contributed by atoms with Crippen LogP contribution in [0.5, 0.6) is 0 Å². The Labute approximate surface area is 141 Å². The highest BCUT2D eigenvalue weighted by Crippen LogP contribution is 2.39. The minimum Gasteiger partial charge on any atom is -0.462 e. The number of nitrogens with zero attached hydrogens (tertiary/aromatic N) is 1. The van der Waals surface area contributed by atoms with Crippen molar-refractivity contribution in [3.05, 3.63) is 58.9 Å². The molecule has 1 aromatic heterocycles. The van der Waals surface area contributed by atoms with Crippen molar-refractivity contribution in [1.29, 1.82) is 0 Å². The summed E-state index contributed by atoms with van der Waals surface area (Å²) in [5.74, 6) is -0.214. The zero-order valence-corrected chi connectivity index (χ0v) is 14.1. The van der Waals surface area contributed by atoms with Gasteiger partial charge in [0.15, 0.2) is 0 Å². The molecule has 1 N–H and O–H groups in total. The van der Waals surface area contributed by atoms with E-state index >= 15 is 0 Å². The summed E-state index contributed by atoms with van der Waals surface area (Å²) >= 11 is 0. The molecule has 124 valence electrons. The van der Waals surface area contributed by atoms with Crippen LogP contribution in [0.1, 0.15) is 37.6 Å². The fourth-order valence-corrected chi connectivity index (χ4v) is 3.84. The van der Waals surface area contributed by atoms with Crippen LogP contribution in [0.25, 0.3) is 10.9 Å². The van der Waals surface area contributed by atoms with E-state index in [-0.39, 0.29) is 12.0 Å². The summed E-state index contributed by atoms with van der Waals surface area (Å²) in [7, 11) is 0. The average Bonchev–Trinajstić information content (AvgIpc) is 2.99. The Hall–Kier alpha value is -2.49. The molecule has 0 saturated heterocycles. The zero-order chi connectivity index (χ0) is 16.7. The number of para-hydroxylation sites is 1. The van der Waals surface area contributed by atoms with Crippen molar-refractivity contribution < 1.29 is 9.53 Å². The summed E-state index contributed by atoms with van der Waals surface area (Å²) in [6, 6.07) is 8.50. The van der Waals surface area contributed by atoms with Gasteiger partial charge in [0.2, 0.25) is 0 Å². The quantitative estimate of drug-likeness (QED) is 0.873. The largest absolute Gasteiger partial charge is 0.462 e. The van der Waals surface area contributed by atoms with Gasteiger partial charge in [0.1, 0.15) is 0 Å². The Morgan fingerprint density at radius 3 is 2.96 bits per heavy atom. The van der Waals surface area contributed by atoms with E-state index in [1.165, 1.54) is 22.2 Å². The van der Waals surface area contributed by atoms with Gasteiger partial charge in [0, 0.05) is 29.3 Å². The number of ether oxygens (including phenoxy) is 1. The molecule has 0 radical (unpaired) electrons. The smallest absolute Gasteiger partial charge is 0.338 e. The third kappa shape index (κ3) is 2.25. The molecule has 24 heavy (non-hydrogen) atoms. The average molecular weight is 322 g/mol. The number of nitrogens with one attached hydrogen (secondary N) is 1. The van der Waals surface area contributed by atoms with Crippen LogP contribution in [0.2, 0.25) is 0 Å². The van der Waals surface area contributed by atoms with Crippen LogP contribution >= 0.6 is 0 Å². The molecule has 1 atom stereocenters. The fourth-order valence-electron chi connectivity index (χ4n) is 3.84. The highest BCUT2D eigenvalue weighted by Gasteiger charge is 2.32. The number of fused-ring (bicyclic) bond motifs is 5. The lowest BCUT2D eigenvalue weighted by Crippen LogP contribution is -2.34. The van der Waals surface area contributed by atoms with Crippen molar-refractivity contribution in [2.45, 2.75) is 32.7 Å². The van der Waals surface area contributed by atoms with Crippen molar-refractivity contribution in [2.24, 2.45) is 0 Å². The molecule has 1 aromatic carbocycles. The highest BCUT2D eigenvalue weighted by atomic mass is 16.5. The Kier molecular flexibility index (Phi) is 3.68. The number of benzene rings is 1.